The Morgan fingerprint density at radius 2 is 2.16 bits per heavy atom. The second-order valence-electron chi connectivity index (χ2n) is 6.12. The maximum absolute atomic E-state index is 14.2. The van der Waals surface area contributed by atoms with Gasteiger partial charge in [0.25, 0.3) is 0 Å². The zero-order valence-corrected chi connectivity index (χ0v) is 11.5. The van der Waals surface area contributed by atoms with Crippen LogP contribution in [0.5, 0.6) is 5.75 Å². The molecule has 3 rings (SSSR count). The van der Waals surface area contributed by atoms with E-state index in [9.17, 15) is 4.39 Å². The molecule has 2 aliphatic rings. The van der Waals surface area contributed by atoms with Gasteiger partial charge < -0.3 is 10.1 Å². The average molecular weight is 263 g/mol. The number of nitrogens with one attached hydrogen (secondary N) is 1. The van der Waals surface area contributed by atoms with E-state index in [1.54, 1.807) is 6.07 Å². The first-order chi connectivity index (χ1) is 9.22. The van der Waals surface area contributed by atoms with Crippen LogP contribution in [0.1, 0.15) is 37.7 Å². The zero-order chi connectivity index (χ0) is 13.3. The van der Waals surface area contributed by atoms with Crippen LogP contribution in [0.25, 0.3) is 0 Å². The summed E-state index contributed by atoms with van der Waals surface area (Å²) in [6.07, 6.45) is 7.15. The number of rotatable bonds is 6. The molecule has 0 bridgehead atoms. The summed E-state index contributed by atoms with van der Waals surface area (Å²) in [4.78, 5) is 0. The minimum Gasteiger partial charge on any atom is -0.494 e. The molecular formula is C16H22FNO. The predicted molar refractivity (Wildman–Crippen MR) is 74.0 cm³/mol. The Morgan fingerprint density at radius 3 is 2.74 bits per heavy atom. The Morgan fingerprint density at radius 1 is 1.37 bits per heavy atom. The Labute approximate surface area is 114 Å². The lowest BCUT2D eigenvalue weighted by atomic mass is 9.65. The maximum Gasteiger partial charge on any atom is 0.168 e. The second-order valence-corrected chi connectivity index (χ2v) is 6.12. The topological polar surface area (TPSA) is 21.3 Å². The van der Waals surface area contributed by atoms with Crippen LogP contribution in [0.2, 0.25) is 0 Å². The summed E-state index contributed by atoms with van der Waals surface area (Å²) in [5.74, 6) is 0.185. The predicted octanol–water partition coefficient (Wildman–Crippen LogP) is 3.30. The summed E-state index contributed by atoms with van der Waals surface area (Å²) in [7, 11) is 1.52. The van der Waals surface area contributed by atoms with Gasteiger partial charge in [-0.05, 0) is 49.1 Å². The molecule has 0 radical (unpaired) electrons. The maximum atomic E-state index is 14.2. The van der Waals surface area contributed by atoms with Gasteiger partial charge >= 0.3 is 0 Å². The average Bonchev–Trinajstić information content (AvgIpc) is 3.18. The van der Waals surface area contributed by atoms with Gasteiger partial charge in [-0.15, -0.1) is 0 Å². The molecule has 2 aliphatic carbocycles. The molecular weight excluding hydrogens is 241 g/mol. The molecule has 0 unspecified atom stereocenters. The number of ether oxygens (including phenoxy) is 1. The number of hydrogen-bond acceptors (Lipinski definition) is 2. The van der Waals surface area contributed by atoms with Crippen molar-refractivity contribution >= 4 is 0 Å². The standard InChI is InChI=1S/C16H22FNO/c1-19-14-5-2-4-12(15(14)17)10-16(8-3-9-16)11-18-13-6-7-13/h2,4-5,13,18H,3,6-11H2,1H3. The highest BCUT2D eigenvalue weighted by molar-refractivity contribution is 5.32. The Balaban J connectivity index is 1.71. The summed E-state index contributed by atoms with van der Waals surface area (Å²) in [5, 5.41) is 3.61. The van der Waals surface area contributed by atoms with E-state index in [2.05, 4.69) is 5.32 Å². The van der Waals surface area contributed by atoms with Crippen molar-refractivity contribution in [2.45, 2.75) is 44.6 Å². The molecule has 0 amide bonds. The summed E-state index contributed by atoms with van der Waals surface area (Å²) in [6, 6.07) is 6.20. The fourth-order valence-electron chi connectivity index (χ4n) is 3.00. The Kier molecular flexibility index (Phi) is 3.48. The number of benzene rings is 1. The lowest BCUT2D eigenvalue weighted by Gasteiger charge is -2.42. The molecule has 0 saturated heterocycles. The van der Waals surface area contributed by atoms with E-state index >= 15 is 0 Å². The van der Waals surface area contributed by atoms with Gasteiger partial charge in [0.1, 0.15) is 0 Å². The van der Waals surface area contributed by atoms with Gasteiger partial charge in [0.15, 0.2) is 11.6 Å². The smallest absolute Gasteiger partial charge is 0.168 e. The second kappa shape index (κ2) is 5.12. The summed E-state index contributed by atoms with van der Waals surface area (Å²) >= 11 is 0. The van der Waals surface area contributed by atoms with Crippen molar-refractivity contribution in [3.05, 3.63) is 29.6 Å². The molecule has 1 N–H and O–H groups in total. The first-order valence-electron chi connectivity index (χ1n) is 7.27. The summed E-state index contributed by atoms with van der Waals surface area (Å²) < 4.78 is 19.3. The van der Waals surface area contributed by atoms with Crippen LogP contribution in [0.4, 0.5) is 4.39 Å². The fourth-order valence-corrected chi connectivity index (χ4v) is 3.00. The van der Waals surface area contributed by atoms with Gasteiger partial charge in [0.2, 0.25) is 0 Å². The minimum atomic E-state index is -0.178. The van der Waals surface area contributed by atoms with Crippen LogP contribution in [0.3, 0.4) is 0 Å². The van der Waals surface area contributed by atoms with Crippen molar-refractivity contribution < 1.29 is 9.13 Å². The van der Waals surface area contributed by atoms with Gasteiger partial charge in [0.05, 0.1) is 7.11 Å². The van der Waals surface area contributed by atoms with Crippen LogP contribution in [0, 0.1) is 11.2 Å². The van der Waals surface area contributed by atoms with Gasteiger partial charge in [-0.2, -0.15) is 0 Å². The van der Waals surface area contributed by atoms with Crippen molar-refractivity contribution in [2.75, 3.05) is 13.7 Å². The highest BCUT2D eigenvalue weighted by atomic mass is 19.1. The third-order valence-corrected chi connectivity index (χ3v) is 4.59. The van der Waals surface area contributed by atoms with E-state index < -0.39 is 0 Å². The van der Waals surface area contributed by atoms with Gasteiger partial charge in [-0.25, -0.2) is 4.39 Å². The zero-order valence-electron chi connectivity index (χ0n) is 11.5. The molecule has 0 heterocycles. The molecule has 0 aromatic heterocycles. The third kappa shape index (κ3) is 2.76. The highest BCUT2D eigenvalue weighted by Crippen LogP contribution is 2.44. The molecule has 3 heteroatoms. The van der Waals surface area contributed by atoms with Crippen molar-refractivity contribution in [3.8, 4) is 5.75 Å². The van der Waals surface area contributed by atoms with Crippen LogP contribution < -0.4 is 10.1 Å². The van der Waals surface area contributed by atoms with Gasteiger partial charge in [-0.1, -0.05) is 18.6 Å². The van der Waals surface area contributed by atoms with E-state index in [1.807, 2.05) is 12.1 Å². The normalized spacial score (nSPS) is 20.9. The molecule has 1 aromatic rings. The third-order valence-electron chi connectivity index (χ3n) is 4.59. The lowest BCUT2D eigenvalue weighted by Crippen LogP contribution is -2.42. The quantitative estimate of drug-likeness (QED) is 0.850. The molecule has 0 spiro atoms. The molecule has 2 nitrogen and oxygen atoms in total. The molecule has 1 aromatic carbocycles. The van der Waals surface area contributed by atoms with E-state index in [4.69, 9.17) is 4.74 Å². The highest BCUT2D eigenvalue weighted by Gasteiger charge is 2.38. The van der Waals surface area contributed by atoms with Crippen LogP contribution >= 0.6 is 0 Å². The van der Waals surface area contributed by atoms with E-state index in [-0.39, 0.29) is 11.2 Å². The Hall–Kier alpha value is -1.09. The van der Waals surface area contributed by atoms with Crippen molar-refractivity contribution in [3.63, 3.8) is 0 Å². The fraction of sp³-hybridized carbons (Fsp3) is 0.625. The van der Waals surface area contributed by atoms with Gasteiger partial charge in [0, 0.05) is 12.6 Å². The minimum absolute atomic E-state index is 0.178. The van der Waals surface area contributed by atoms with Crippen LogP contribution in [-0.4, -0.2) is 19.7 Å². The first kappa shape index (κ1) is 12.9. The first-order valence-corrected chi connectivity index (χ1v) is 7.27. The monoisotopic (exact) mass is 263 g/mol. The Bertz CT molecular complexity index is 452. The largest absolute Gasteiger partial charge is 0.494 e. The number of halogens is 1. The van der Waals surface area contributed by atoms with E-state index in [0.29, 0.717) is 5.75 Å². The number of methoxy groups -OCH3 is 1. The summed E-state index contributed by atoms with van der Waals surface area (Å²) in [5.41, 5.74) is 1.08. The summed E-state index contributed by atoms with van der Waals surface area (Å²) in [6.45, 7) is 1.04. The lowest BCUT2D eigenvalue weighted by molar-refractivity contribution is 0.128. The molecule has 19 heavy (non-hydrogen) atoms. The molecule has 2 saturated carbocycles. The van der Waals surface area contributed by atoms with Gasteiger partial charge in [-0.3, -0.25) is 0 Å². The SMILES string of the molecule is COc1cccc(CC2(CNC3CC3)CCC2)c1F. The molecule has 0 aliphatic heterocycles. The van der Waals surface area contributed by atoms with E-state index in [1.165, 1.54) is 39.2 Å². The van der Waals surface area contributed by atoms with Crippen LogP contribution in [0.15, 0.2) is 18.2 Å². The van der Waals surface area contributed by atoms with Crippen molar-refractivity contribution in [1.82, 2.24) is 5.32 Å². The number of hydrogen-bond donors (Lipinski definition) is 1. The van der Waals surface area contributed by atoms with E-state index in [0.717, 1.165) is 24.6 Å². The molecule has 0 atom stereocenters. The van der Waals surface area contributed by atoms with Crippen LogP contribution in [-0.2, 0) is 6.42 Å². The van der Waals surface area contributed by atoms with Crippen molar-refractivity contribution in [2.24, 2.45) is 5.41 Å². The molecule has 104 valence electrons. The molecule has 2 fully saturated rings. The van der Waals surface area contributed by atoms with Crippen molar-refractivity contribution in [1.29, 1.82) is 0 Å².